The van der Waals surface area contributed by atoms with Crippen LogP contribution in [0.25, 0.3) is 0 Å². The van der Waals surface area contributed by atoms with E-state index in [1.54, 1.807) is 0 Å². The van der Waals surface area contributed by atoms with Crippen molar-refractivity contribution in [1.82, 2.24) is 19.6 Å². The fourth-order valence-corrected chi connectivity index (χ4v) is 4.09. The Labute approximate surface area is 124 Å². The molecule has 3 aliphatic heterocycles. The molecular formula is C16H32N4. The second kappa shape index (κ2) is 6.73. The molecule has 3 aliphatic rings. The molecule has 0 aliphatic carbocycles. The summed E-state index contributed by atoms with van der Waals surface area (Å²) in [5.74, 6) is 0.979. The minimum atomic E-state index is 0.869. The molecule has 4 heteroatoms. The Bertz CT molecular complexity index is 287. The van der Waals surface area contributed by atoms with Crippen LogP contribution in [0.5, 0.6) is 0 Å². The molecule has 3 fully saturated rings. The summed E-state index contributed by atoms with van der Waals surface area (Å²) in [7, 11) is 4.49. The molecule has 0 unspecified atom stereocenters. The van der Waals surface area contributed by atoms with Crippen LogP contribution in [-0.2, 0) is 0 Å². The Balaban J connectivity index is 1.32. The van der Waals surface area contributed by atoms with Crippen LogP contribution in [0.15, 0.2) is 0 Å². The number of hydrogen-bond donors (Lipinski definition) is 0. The highest BCUT2D eigenvalue weighted by molar-refractivity contribution is 4.84. The molecule has 0 N–H and O–H groups in total. The first-order valence-corrected chi connectivity index (χ1v) is 8.54. The van der Waals surface area contributed by atoms with E-state index in [0.29, 0.717) is 0 Å². The molecule has 0 atom stereocenters. The van der Waals surface area contributed by atoms with Crippen LogP contribution in [-0.4, -0.2) is 98.6 Å². The van der Waals surface area contributed by atoms with E-state index in [4.69, 9.17) is 0 Å². The first-order chi connectivity index (χ1) is 9.70. The van der Waals surface area contributed by atoms with Crippen LogP contribution >= 0.6 is 0 Å². The molecule has 3 saturated heterocycles. The average molecular weight is 280 g/mol. The third-order valence-corrected chi connectivity index (χ3v) is 5.60. The summed E-state index contributed by atoms with van der Waals surface area (Å²) in [5, 5.41) is 0. The average Bonchev–Trinajstić information content (AvgIpc) is 2.44. The Morgan fingerprint density at radius 3 is 2.05 bits per heavy atom. The highest BCUT2D eigenvalue weighted by atomic mass is 15.3. The number of hydrogen-bond acceptors (Lipinski definition) is 4. The fraction of sp³-hybridized carbons (Fsp3) is 1.00. The lowest BCUT2D eigenvalue weighted by Gasteiger charge is -2.43. The molecule has 0 radical (unpaired) electrons. The fourth-order valence-electron chi connectivity index (χ4n) is 4.09. The smallest absolute Gasteiger partial charge is 0.0121 e. The van der Waals surface area contributed by atoms with Gasteiger partial charge in [-0.15, -0.1) is 0 Å². The largest absolute Gasteiger partial charge is 0.306 e. The van der Waals surface area contributed by atoms with Crippen LogP contribution in [0.4, 0.5) is 0 Å². The zero-order chi connectivity index (χ0) is 13.9. The zero-order valence-electron chi connectivity index (χ0n) is 13.4. The molecule has 0 spiro atoms. The van der Waals surface area contributed by atoms with E-state index in [9.17, 15) is 0 Å². The van der Waals surface area contributed by atoms with Gasteiger partial charge >= 0.3 is 0 Å². The summed E-state index contributed by atoms with van der Waals surface area (Å²) >= 11 is 0. The minimum Gasteiger partial charge on any atom is -0.306 e. The standard InChI is InChI=1S/C16H32N4/c1-17-6-4-16(5-7-17)20-11-9-19(10-12-20)8-3-15-13-18(2)14-15/h15-16H,3-14H2,1-2H3. The maximum atomic E-state index is 2.76. The van der Waals surface area contributed by atoms with E-state index in [2.05, 4.69) is 33.7 Å². The Morgan fingerprint density at radius 1 is 0.800 bits per heavy atom. The van der Waals surface area contributed by atoms with Gasteiger partial charge in [-0.05, 0) is 58.9 Å². The van der Waals surface area contributed by atoms with Gasteiger partial charge in [0.15, 0.2) is 0 Å². The SMILES string of the molecule is CN1CCC(N2CCN(CCC3CN(C)C3)CC2)CC1. The summed E-state index contributed by atoms with van der Waals surface area (Å²) in [6.07, 6.45) is 4.17. The monoisotopic (exact) mass is 280 g/mol. The van der Waals surface area contributed by atoms with E-state index >= 15 is 0 Å². The number of nitrogens with zero attached hydrogens (tertiary/aromatic N) is 4. The van der Waals surface area contributed by atoms with Crippen molar-refractivity contribution in [1.29, 1.82) is 0 Å². The Kier molecular flexibility index (Phi) is 4.97. The van der Waals surface area contributed by atoms with Crippen molar-refractivity contribution in [3.63, 3.8) is 0 Å². The van der Waals surface area contributed by atoms with Gasteiger partial charge in [-0.3, -0.25) is 4.90 Å². The first-order valence-electron chi connectivity index (χ1n) is 8.54. The second-order valence-electron chi connectivity index (χ2n) is 7.29. The summed E-state index contributed by atoms with van der Waals surface area (Å²) in [4.78, 5) is 10.4. The summed E-state index contributed by atoms with van der Waals surface area (Å²) in [5.41, 5.74) is 0. The first kappa shape index (κ1) is 14.8. The molecule has 20 heavy (non-hydrogen) atoms. The predicted molar refractivity (Wildman–Crippen MR) is 84.1 cm³/mol. The van der Waals surface area contributed by atoms with Crippen LogP contribution in [0.2, 0.25) is 0 Å². The number of piperidine rings is 1. The molecule has 0 bridgehead atoms. The van der Waals surface area contributed by atoms with Gasteiger partial charge in [-0.2, -0.15) is 0 Å². The second-order valence-corrected chi connectivity index (χ2v) is 7.29. The van der Waals surface area contributed by atoms with Gasteiger partial charge in [0.25, 0.3) is 0 Å². The van der Waals surface area contributed by atoms with E-state index in [0.717, 1.165) is 12.0 Å². The number of likely N-dealkylation sites (tertiary alicyclic amines) is 2. The summed E-state index contributed by atoms with van der Waals surface area (Å²) < 4.78 is 0. The van der Waals surface area contributed by atoms with Gasteiger partial charge < -0.3 is 14.7 Å². The van der Waals surface area contributed by atoms with Crippen molar-refractivity contribution in [3.8, 4) is 0 Å². The third kappa shape index (κ3) is 3.73. The van der Waals surface area contributed by atoms with Crippen LogP contribution in [0.3, 0.4) is 0 Å². The van der Waals surface area contributed by atoms with Crippen molar-refractivity contribution in [2.75, 3.05) is 73.0 Å². The minimum absolute atomic E-state index is 0.869. The lowest BCUT2D eigenvalue weighted by Crippen LogP contribution is -2.53. The third-order valence-electron chi connectivity index (χ3n) is 5.60. The van der Waals surface area contributed by atoms with Crippen molar-refractivity contribution in [2.24, 2.45) is 5.92 Å². The van der Waals surface area contributed by atoms with Gasteiger partial charge in [0.05, 0.1) is 0 Å². The molecule has 4 nitrogen and oxygen atoms in total. The van der Waals surface area contributed by atoms with Crippen molar-refractivity contribution >= 4 is 0 Å². The van der Waals surface area contributed by atoms with Gasteiger partial charge in [0.2, 0.25) is 0 Å². The summed E-state index contributed by atoms with van der Waals surface area (Å²) in [6, 6.07) is 0.869. The predicted octanol–water partition coefficient (Wildman–Crippen LogP) is 0.650. The van der Waals surface area contributed by atoms with Gasteiger partial charge in [0, 0.05) is 45.3 Å². The molecule has 0 aromatic heterocycles. The molecule has 0 aromatic carbocycles. The van der Waals surface area contributed by atoms with E-state index in [1.165, 1.54) is 78.2 Å². The highest BCUT2D eigenvalue weighted by Gasteiger charge is 2.27. The van der Waals surface area contributed by atoms with Crippen LogP contribution in [0, 0.1) is 5.92 Å². The molecule has 0 amide bonds. The van der Waals surface area contributed by atoms with Gasteiger partial charge in [-0.25, -0.2) is 0 Å². The molecule has 0 saturated carbocycles. The van der Waals surface area contributed by atoms with Crippen LogP contribution in [0.1, 0.15) is 19.3 Å². The molecule has 116 valence electrons. The maximum Gasteiger partial charge on any atom is 0.0121 e. The molecule has 0 aromatic rings. The van der Waals surface area contributed by atoms with Crippen LogP contribution < -0.4 is 0 Å². The lowest BCUT2D eigenvalue weighted by atomic mass is 9.97. The normalized spacial score (nSPS) is 29.7. The zero-order valence-corrected chi connectivity index (χ0v) is 13.4. The maximum absolute atomic E-state index is 2.76. The van der Waals surface area contributed by atoms with Crippen molar-refractivity contribution in [3.05, 3.63) is 0 Å². The molecular weight excluding hydrogens is 248 g/mol. The van der Waals surface area contributed by atoms with Gasteiger partial charge in [0.1, 0.15) is 0 Å². The Morgan fingerprint density at radius 2 is 1.45 bits per heavy atom. The van der Waals surface area contributed by atoms with Crippen molar-refractivity contribution < 1.29 is 0 Å². The van der Waals surface area contributed by atoms with E-state index in [1.807, 2.05) is 0 Å². The molecule has 3 heterocycles. The van der Waals surface area contributed by atoms with Gasteiger partial charge in [-0.1, -0.05) is 0 Å². The van der Waals surface area contributed by atoms with Crippen molar-refractivity contribution in [2.45, 2.75) is 25.3 Å². The van der Waals surface area contributed by atoms with E-state index in [-0.39, 0.29) is 0 Å². The number of rotatable bonds is 4. The number of piperazine rings is 1. The quantitative estimate of drug-likeness (QED) is 0.749. The lowest BCUT2D eigenvalue weighted by molar-refractivity contribution is 0.0542. The highest BCUT2D eigenvalue weighted by Crippen LogP contribution is 2.20. The topological polar surface area (TPSA) is 13.0 Å². The Hall–Kier alpha value is -0.160. The summed E-state index contributed by atoms with van der Waals surface area (Å²) in [6.45, 7) is 11.8. The van der Waals surface area contributed by atoms with E-state index < -0.39 is 0 Å². The molecule has 3 rings (SSSR count).